The van der Waals surface area contributed by atoms with Gasteiger partial charge in [0.15, 0.2) is 0 Å². The lowest BCUT2D eigenvalue weighted by atomic mass is 10.2. The fourth-order valence-electron chi connectivity index (χ4n) is 1.59. The summed E-state index contributed by atoms with van der Waals surface area (Å²) in [6, 6.07) is 5.15. The first-order valence-electron chi connectivity index (χ1n) is 5.99. The van der Waals surface area contributed by atoms with Gasteiger partial charge in [0, 0.05) is 5.69 Å². The van der Waals surface area contributed by atoms with Crippen molar-refractivity contribution >= 4 is 22.6 Å². The summed E-state index contributed by atoms with van der Waals surface area (Å²) in [5.41, 5.74) is 1.35. The number of benzene rings is 1. The lowest BCUT2D eigenvalue weighted by Gasteiger charge is -2.18. The van der Waals surface area contributed by atoms with Crippen LogP contribution in [0.2, 0.25) is 0 Å². The van der Waals surface area contributed by atoms with Crippen LogP contribution in [-0.4, -0.2) is 28.1 Å². The molecule has 0 bridgehead atoms. The Hall–Kier alpha value is -2.08. The molecule has 0 aliphatic heterocycles. The quantitative estimate of drug-likeness (QED) is 0.786. The third-order valence-electron chi connectivity index (χ3n) is 2.44. The Kier molecular flexibility index (Phi) is 3.44. The Morgan fingerprint density at radius 2 is 1.95 bits per heavy atom. The minimum absolute atomic E-state index is 0.00874. The lowest BCUT2D eigenvalue weighted by Crippen LogP contribution is -2.27. The molecule has 0 unspecified atom stereocenters. The largest absolute Gasteiger partial charge is 0.366 e. The van der Waals surface area contributed by atoms with Crippen LogP contribution in [0.4, 0.5) is 5.69 Å². The molecular formula is C13H17N3O3. The van der Waals surface area contributed by atoms with Gasteiger partial charge in [-0.05, 0) is 39.0 Å². The molecule has 0 spiro atoms. The Bertz CT molecular complexity index is 649. The van der Waals surface area contributed by atoms with E-state index < -0.39 is 0 Å². The van der Waals surface area contributed by atoms with Crippen LogP contribution in [0.3, 0.4) is 0 Å². The minimum Gasteiger partial charge on any atom is -0.366 e. The molecule has 2 aromatic rings. The molecule has 102 valence electrons. The zero-order valence-corrected chi connectivity index (χ0v) is 11.2. The van der Waals surface area contributed by atoms with E-state index in [-0.39, 0.29) is 23.8 Å². The summed E-state index contributed by atoms with van der Waals surface area (Å²) in [5.74, 6) is -0.229. The fourth-order valence-corrected chi connectivity index (χ4v) is 1.59. The average Bonchev–Trinajstić information content (AvgIpc) is 2.65. The van der Waals surface area contributed by atoms with Crippen molar-refractivity contribution < 1.29 is 9.53 Å². The molecule has 0 saturated carbocycles. The number of hydrogen-bond acceptors (Lipinski definition) is 3. The molecule has 0 fully saturated rings. The summed E-state index contributed by atoms with van der Waals surface area (Å²) in [6.07, 6.45) is 0. The smallest absolute Gasteiger partial charge is 0.323 e. The van der Waals surface area contributed by atoms with E-state index in [4.69, 9.17) is 4.74 Å². The molecule has 0 aliphatic rings. The van der Waals surface area contributed by atoms with Gasteiger partial charge in [-0.3, -0.25) is 4.79 Å². The molecule has 0 saturated heterocycles. The molecule has 1 amide bonds. The van der Waals surface area contributed by atoms with Crippen molar-refractivity contribution in [2.45, 2.75) is 26.4 Å². The maximum Gasteiger partial charge on any atom is 0.323 e. The number of H-pyrrole nitrogens is 2. The van der Waals surface area contributed by atoms with E-state index in [1.165, 1.54) is 0 Å². The van der Waals surface area contributed by atoms with Crippen LogP contribution in [-0.2, 0) is 9.53 Å². The third kappa shape index (κ3) is 3.69. The standard InChI is InChI=1S/C13H17N3O3/c1-13(2,3)19-7-11(17)14-8-4-5-9-10(6-8)16-12(18)15-9/h4-6H,7H2,1-3H3,(H,14,17)(H2,15,16,18). The highest BCUT2D eigenvalue weighted by molar-refractivity contribution is 5.93. The zero-order valence-electron chi connectivity index (χ0n) is 11.2. The van der Waals surface area contributed by atoms with E-state index in [9.17, 15) is 9.59 Å². The molecule has 0 radical (unpaired) electrons. The van der Waals surface area contributed by atoms with Gasteiger partial charge >= 0.3 is 5.69 Å². The topological polar surface area (TPSA) is 87.0 Å². The van der Waals surface area contributed by atoms with Crippen LogP contribution in [0.25, 0.3) is 11.0 Å². The minimum atomic E-state index is -0.354. The highest BCUT2D eigenvalue weighted by Gasteiger charge is 2.13. The van der Waals surface area contributed by atoms with Crippen LogP contribution in [0, 0.1) is 0 Å². The van der Waals surface area contributed by atoms with Crippen molar-refractivity contribution in [3.8, 4) is 0 Å². The highest BCUT2D eigenvalue weighted by atomic mass is 16.5. The number of hydrogen-bond donors (Lipinski definition) is 3. The molecule has 2 rings (SSSR count). The third-order valence-corrected chi connectivity index (χ3v) is 2.44. The Balaban J connectivity index is 2.04. The number of carbonyl (C=O) groups excluding carboxylic acids is 1. The Morgan fingerprint density at radius 1 is 1.26 bits per heavy atom. The van der Waals surface area contributed by atoms with Gasteiger partial charge in [-0.15, -0.1) is 0 Å². The van der Waals surface area contributed by atoms with Crippen molar-refractivity contribution in [2.24, 2.45) is 0 Å². The molecular weight excluding hydrogens is 246 g/mol. The maximum absolute atomic E-state index is 11.7. The highest BCUT2D eigenvalue weighted by Crippen LogP contribution is 2.14. The molecule has 19 heavy (non-hydrogen) atoms. The van der Waals surface area contributed by atoms with E-state index in [0.29, 0.717) is 16.7 Å². The fraction of sp³-hybridized carbons (Fsp3) is 0.385. The summed E-state index contributed by atoms with van der Waals surface area (Å²) in [5, 5.41) is 2.72. The number of nitrogens with one attached hydrogen (secondary N) is 3. The van der Waals surface area contributed by atoms with Crippen LogP contribution in [0.5, 0.6) is 0 Å². The normalized spacial score (nSPS) is 11.7. The van der Waals surface area contributed by atoms with Crippen molar-refractivity contribution in [1.29, 1.82) is 0 Å². The van der Waals surface area contributed by atoms with E-state index in [1.807, 2.05) is 20.8 Å². The predicted molar refractivity (Wildman–Crippen MR) is 73.3 cm³/mol. The van der Waals surface area contributed by atoms with Gasteiger partial charge in [0.05, 0.1) is 16.6 Å². The molecule has 1 aromatic heterocycles. The maximum atomic E-state index is 11.7. The molecule has 6 nitrogen and oxygen atoms in total. The molecule has 6 heteroatoms. The van der Waals surface area contributed by atoms with E-state index in [1.54, 1.807) is 18.2 Å². The van der Waals surface area contributed by atoms with Crippen LogP contribution in [0.15, 0.2) is 23.0 Å². The van der Waals surface area contributed by atoms with Crippen molar-refractivity contribution in [3.05, 3.63) is 28.7 Å². The molecule has 1 heterocycles. The summed E-state index contributed by atoms with van der Waals surface area (Å²) >= 11 is 0. The second kappa shape index (κ2) is 4.89. The second-order valence-corrected chi connectivity index (χ2v) is 5.29. The first-order valence-corrected chi connectivity index (χ1v) is 5.99. The number of carbonyl (C=O) groups is 1. The summed E-state index contributed by atoms with van der Waals surface area (Å²) in [7, 11) is 0. The number of imidazole rings is 1. The SMILES string of the molecule is CC(C)(C)OCC(=O)Nc1ccc2[nH]c(=O)[nH]c2c1. The summed E-state index contributed by atoms with van der Waals surface area (Å²) < 4.78 is 5.38. The van der Waals surface area contributed by atoms with Crippen molar-refractivity contribution in [1.82, 2.24) is 9.97 Å². The van der Waals surface area contributed by atoms with Crippen molar-refractivity contribution in [2.75, 3.05) is 11.9 Å². The monoisotopic (exact) mass is 263 g/mol. The van der Waals surface area contributed by atoms with Gasteiger partial charge in [0.2, 0.25) is 5.91 Å². The number of fused-ring (bicyclic) bond motifs is 1. The number of anilines is 1. The van der Waals surface area contributed by atoms with Crippen LogP contribution in [0.1, 0.15) is 20.8 Å². The number of ether oxygens (including phenoxy) is 1. The van der Waals surface area contributed by atoms with Crippen LogP contribution >= 0.6 is 0 Å². The van der Waals surface area contributed by atoms with Crippen molar-refractivity contribution in [3.63, 3.8) is 0 Å². The molecule has 1 aromatic carbocycles. The van der Waals surface area contributed by atoms with E-state index >= 15 is 0 Å². The molecule has 0 aliphatic carbocycles. The lowest BCUT2D eigenvalue weighted by molar-refractivity contribution is -0.125. The number of aromatic amines is 2. The number of rotatable bonds is 3. The van der Waals surface area contributed by atoms with Gasteiger partial charge in [0.25, 0.3) is 0 Å². The van der Waals surface area contributed by atoms with Crippen LogP contribution < -0.4 is 11.0 Å². The molecule has 3 N–H and O–H groups in total. The van der Waals surface area contributed by atoms with Gasteiger partial charge in [-0.1, -0.05) is 0 Å². The first kappa shape index (κ1) is 13.4. The van der Waals surface area contributed by atoms with Gasteiger partial charge in [-0.25, -0.2) is 4.79 Å². The summed E-state index contributed by atoms with van der Waals surface area (Å²) in [6.45, 7) is 5.65. The predicted octanol–water partition coefficient (Wildman–Crippen LogP) is 1.61. The molecule has 0 atom stereocenters. The number of aromatic nitrogens is 2. The summed E-state index contributed by atoms with van der Waals surface area (Å²) in [4.78, 5) is 28.1. The second-order valence-electron chi connectivity index (χ2n) is 5.29. The first-order chi connectivity index (χ1) is 8.83. The van der Waals surface area contributed by atoms with E-state index in [2.05, 4.69) is 15.3 Å². The van der Waals surface area contributed by atoms with E-state index in [0.717, 1.165) is 0 Å². The Morgan fingerprint density at radius 3 is 2.63 bits per heavy atom. The Labute approximate surface area is 110 Å². The average molecular weight is 263 g/mol. The van der Waals surface area contributed by atoms with Gasteiger partial charge in [0.1, 0.15) is 6.61 Å². The number of amides is 1. The van der Waals surface area contributed by atoms with Gasteiger partial charge in [-0.2, -0.15) is 0 Å². The zero-order chi connectivity index (χ0) is 14.0. The van der Waals surface area contributed by atoms with Gasteiger partial charge < -0.3 is 20.0 Å².